The molecule has 0 radical (unpaired) electrons. The molecule has 0 aromatic carbocycles. The molecule has 0 fully saturated rings. The first-order chi connectivity index (χ1) is 25.0. The maximum atomic E-state index is 12.6. The first-order valence-corrected chi connectivity index (χ1v) is 21.6. The topological polar surface area (TPSA) is 108 Å². The molecule has 1 unspecified atom stereocenters. The second kappa shape index (κ2) is 34.5. The van der Waals surface area contributed by atoms with Gasteiger partial charge in [-0.2, -0.15) is 0 Å². The lowest BCUT2D eigenvalue weighted by Gasteiger charge is -2.24. The zero-order valence-electron chi connectivity index (χ0n) is 33.5. The molecule has 1 N–H and O–H groups in total. The molecule has 0 aromatic rings. The summed E-state index contributed by atoms with van der Waals surface area (Å²) in [6, 6.07) is 0. The first kappa shape index (κ1) is 49.7. The van der Waals surface area contributed by atoms with Crippen LogP contribution in [0.2, 0.25) is 0 Å². The van der Waals surface area contributed by atoms with E-state index in [2.05, 4.69) is 44.2 Å². The minimum Gasteiger partial charge on any atom is -0.462 e. The molecule has 0 aliphatic rings. The average molecular weight is 753 g/mol. The molecule has 0 amide bonds. The van der Waals surface area contributed by atoms with Gasteiger partial charge in [0.1, 0.15) is 19.8 Å². The molecule has 0 bridgehead atoms. The third kappa shape index (κ3) is 37.5. The highest BCUT2D eigenvalue weighted by Gasteiger charge is 2.27. The molecular formula is C42H75NO8P+. The normalized spacial score (nSPS) is 14.3. The van der Waals surface area contributed by atoms with Crippen LogP contribution in [0.3, 0.4) is 0 Å². The fourth-order valence-electron chi connectivity index (χ4n) is 4.96. The fraction of sp³-hybridized carbons (Fsp3) is 0.714. The molecule has 0 aromatic heterocycles. The number of hydrogen-bond acceptors (Lipinski definition) is 7. The number of phosphoric ester groups is 1. The van der Waals surface area contributed by atoms with Crippen molar-refractivity contribution in [1.29, 1.82) is 0 Å². The minimum atomic E-state index is -4.38. The van der Waals surface area contributed by atoms with E-state index >= 15 is 0 Å². The minimum absolute atomic E-state index is 0.0232. The molecule has 0 heterocycles. The summed E-state index contributed by atoms with van der Waals surface area (Å²) >= 11 is 0. The number of ether oxygens (including phenoxy) is 2. The van der Waals surface area contributed by atoms with Crippen molar-refractivity contribution >= 4 is 19.8 Å². The number of likely N-dealkylation sites (N-methyl/N-ethyl adjacent to an activating group) is 1. The van der Waals surface area contributed by atoms with Gasteiger partial charge in [0.2, 0.25) is 0 Å². The van der Waals surface area contributed by atoms with Crippen molar-refractivity contribution in [3.63, 3.8) is 0 Å². The summed E-state index contributed by atoms with van der Waals surface area (Å²) in [7, 11) is 1.44. The van der Waals surface area contributed by atoms with Gasteiger partial charge in [0.15, 0.2) is 6.10 Å². The number of esters is 2. The van der Waals surface area contributed by atoms with Crippen LogP contribution in [-0.4, -0.2) is 74.9 Å². The summed E-state index contributed by atoms with van der Waals surface area (Å²) in [6.45, 7) is 4.20. The van der Waals surface area contributed by atoms with Gasteiger partial charge in [0, 0.05) is 12.8 Å². The summed E-state index contributed by atoms with van der Waals surface area (Å²) < 4.78 is 34.2. The average Bonchev–Trinajstić information content (AvgIpc) is 3.09. The van der Waals surface area contributed by atoms with Crippen molar-refractivity contribution in [2.45, 2.75) is 148 Å². The third-order valence-corrected chi connectivity index (χ3v) is 9.11. The molecule has 0 aliphatic carbocycles. The van der Waals surface area contributed by atoms with Gasteiger partial charge in [-0.05, 0) is 57.8 Å². The molecule has 0 rings (SSSR count). The maximum absolute atomic E-state index is 12.6. The van der Waals surface area contributed by atoms with Crippen molar-refractivity contribution in [3.8, 4) is 0 Å². The predicted molar refractivity (Wildman–Crippen MR) is 215 cm³/mol. The van der Waals surface area contributed by atoms with Gasteiger partial charge in [0.05, 0.1) is 27.7 Å². The fourth-order valence-corrected chi connectivity index (χ4v) is 5.70. The van der Waals surface area contributed by atoms with E-state index in [1.165, 1.54) is 32.1 Å². The Morgan fingerprint density at radius 2 is 1.12 bits per heavy atom. The van der Waals surface area contributed by atoms with Crippen LogP contribution in [0, 0.1) is 0 Å². The molecule has 2 atom stereocenters. The Balaban J connectivity index is 4.48. The SMILES string of the molecule is CC/C=C/C=C/C=C/C=C/CCCCCCCC(=O)OC[C@H](COP(=O)(O)OCC[N+](C)(C)C)OC(=O)CCCCCCC/C=C/CCCCCC. The Morgan fingerprint density at radius 3 is 1.69 bits per heavy atom. The van der Waals surface area contributed by atoms with Crippen LogP contribution in [0.1, 0.15) is 142 Å². The number of hydrogen-bond donors (Lipinski definition) is 1. The third-order valence-electron chi connectivity index (χ3n) is 8.13. The largest absolute Gasteiger partial charge is 0.472 e. The summed E-state index contributed by atoms with van der Waals surface area (Å²) in [6.07, 6.45) is 39.8. The van der Waals surface area contributed by atoms with Gasteiger partial charge in [0.25, 0.3) is 0 Å². The van der Waals surface area contributed by atoms with E-state index in [0.29, 0.717) is 23.9 Å². The van der Waals surface area contributed by atoms with Crippen molar-refractivity contribution in [1.82, 2.24) is 0 Å². The van der Waals surface area contributed by atoms with E-state index in [-0.39, 0.29) is 26.1 Å². The van der Waals surface area contributed by atoms with Gasteiger partial charge < -0.3 is 18.9 Å². The maximum Gasteiger partial charge on any atom is 0.472 e. The van der Waals surface area contributed by atoms with Gasteiger partial charge in [-0.3, -0.25) is 18.6 Å². The summed E-state index contributed by atoms with van der Waals surface area (Å²) in [5, 5.41) is 0. The second-order valence-corrected chi connectivity index (χ2v) is 15.8. The van der Waals surface area contributed by atoms with Crippen LogP contribution in [0.4, 0.5) is 0 Å². The standard InChI is InChI=1S/C42H74NO8P/c1-6-8-10-12-14-16-18-20-21-23-24-26-28-30-32-34-41(44)48-38-40(39-50-52(46,47)49-37-36-43(3,4)5)51-42(45)35-33-31-29-27-25-22-19-17-15-13-11-9-7-2/h8,10,12,14,16-21,40H,6-7,9,11,13,15,22-39H2,1-5H3/p+1/b10-8+,14-12+,18-16+,19-17+,21-20+/t40-/m1/s1. The molecule has 52 heavy (non-hydrogen) atoms. The van der Waals surface area contributed by atoms with E-state index in [1.807, 2.05) is 51.5 Å². The van der Waals surface area contributed by atoms with Crippen LogP contribution in [-0.2, 0) is 32.7 Å². The van der Waals surface area contributed by atoms with Gasteiger partial charge in [-0.15, -0.1) is 0 Å². The highest BCUT2D eigenvalue weighted by Crippen LogP contribution is 2.43. The van der Waals surface area contributed by atoms with Crippen molar-refractivity contribution in [2.75, 3.05) is 47.5 Å². The van der Waals surface area contributed by atoms with E-state index in [1.54, 1.807) is 0 Å². The molecule has 0 aliphatic heterocycles. The molecule has 9 nitrogen and oxygen atoms in total. The van der Waals surface area contributed by atoms with Gasteiger partial charge >= 0.3 is 19.8 Å². The molecule has 0 saturated heterocycles. The van der Waals surface area contributed by atoms with E-state index in [9.17, 15) is 19.0 Å². The van der Waals surface area contributed by atoms with Crippen LogP contribution in [0.15, 0.2) is 60.8 Å². The molecule has 300 valence electrons. The molecule has 0 saturated carbocycles. The molecular weight excluding hydrogens is 677 g/mol. The van der Waals surface area contributed by atoms with Gasteiger partial charge in [-0.25, -0.2) is 4.57 Å². The number of phosphoric acid groups is 1. The summed E-state index contributed by atoms with van der Waals surface area (Å²) in [5.74, 6) is -0.843. The van der Waals surface area contributed by atoms with Crippen LogP contribution in [0.25, 0.3) is 0 Å². The highest BCUT2D eigenvalue weighted by molar-refractivity contribution is 7.47. The van der Waals surface area contributed by atoms with Crippen molar-refractivity contribution in [3.05, 3.63) is 60.8 Å². The summed E-state index contributed by atoms with van der Waals surface area (Å²) in [4.78, 5) is 35.2. The summed E-state index contributed by atoms with van der Waals surface area (Å²) in [5.41, 5.74) is 0. The van der Waals surface area contributed by atoms with E-state index in [0.717, 1.165) is 70.6 Å². The number of carbonyl (C=O) groups is 2. The lowest BCUT2D eigenvalue weighted by Crippen LogP contribution is -2.37. The number of nitrogens with zero attached hydrogens (tertiary/aromatic N) is 1. The number of carbonyl (C=O) groups excluding carboxylic acids is 2. The van der Waals surface area contributed by atoms with Crippen molar-refractivity contribution in [2.24, 2.45) is 0 Å². The molecule has 10 heteroatoms. The molecule has 0 spiro atoms. The lowest BCUT2D eigenvalue weighted by atomic mass is 10.1. The van der Waals surface area contributed by atoms with Crippen LogP contribution in [0.5, 0.6) is 0 Å². The van der Waals surface area contributed by atoms with E-state index in [4.69, 9.17) is 18.5 Å². The van der Waals surface area contributed by atoms with Crippen LogP contribution < -0.4 is 0 Å². The predicted octanol–water partition coefficient (Wildman–Crippen LogP) is 10.9. The lowest BCUT2D eigenvalue weighted by molar-refractivity contribution is -0.870. The van der Waals surface area contributed by atoms with Gasteiger partial charge in [-0.1, -0.05) is 132 Å². The zero-order valence-corrected chi connectivity index (χ0v) is 34.4. The number of rotatable bonds is 35. The number of allylic oxidation sites excluding steroid dienone is 10. The van der Waals surface area contributed by atoms with Crippen LogP contribution >= 0.6 is 7.82 Å². The van der Waals surface area contributed by atoms with Crippen molar-refractivity contribution < 1.29 is 42.1 Å². The van der Waals surface area contributed by atoms with E-state index < -0.39 is 32.5 Å². The Hall–Kier alpha value is -2.29. The Morgan fingerprint density at radius 1 is 0.615 bits per heavy atom. The Labute approximate surface area is 317 Å². The first-order valence-electron chi connectivity index (χ1n) is 20.1. The quantitative estimate of drug-likeness (QED) is 0.0170. The Kier molecular flexibility index (Phi) is 33.0. The highest BCUT2D eigenvalue weighted by atomic mass is 31.2. The zero-order chi connectivity index (χ0) is 38.6. The number of unbranched alkanes of at least 4 members (excludes halogenated alkanes) is 14. The number of quaternary nitrogens is 1. The smallest absolute Gasteiger partial charge is 0.462 e. The monoisotopic (exact) mass is 753 g/mol. The Bertz CT molecular complexity index is 1080. The second-order valence-electron chi connectivity index (χ2n) is 14.4.